The van der Waals surface area contributed by atoms with E-state index >= 15 is 0 Å². The minimum atomic E-state index is -0.558. The van der Waals surface area contributed by atoms with Crippen LogP contribution < -0.4 is 16.2 Å². The van der Waals surface area contributed by atoms with E-state index in [1.54, 1.807) is 19.2 Å². The third-order valence-electron chi connectivity index (χ3n) is 2.94. The summed E-state index contributed by atoms with van der Waals surface area (Å²) >= 11 is 0. The van der Waals surface area contributed by atoms with Crippen molar-refractivity contribution in [2.45, 2.75) is 6.42 Å². The number of nitrogen functional groups attached to an aromatic ring is 2. The molecule has 1 aromatic carbocycles. The second-order valence-electron chi connectivity index (χ2n) is 4.21. The summed E-state index contributed by atoms with van der Waals surface area (Å²) in [5.74, 6) is 0.582. The molecule has 0 aliphatic rings. The van der Waals surface area contributed by atoms with Crippen LogP contribution in [0.15, 0.2) is 30.5 Å². The lowest BCUT2D eigenvalue weighted by Crippen LogP contribution is -2.07. The summed E-state index contributed by atoms with van der Waals surface area (Å²) in [6.07, 6.45) is 1.64. The summed E-state index contributed by atoms with van der Waals surface area (Å²) in [4.78, 5) is 14.3. The van der Waals surface area contributed by atoms with Gasteiger partial charge in [0.1, 0.15) is 5.75 Å². The van der Waals surface area contributed by atoms with Gasteiger partial charge in [0.15, 0.2) is 0 Å². The normalized spacial score (nSPS) is 10.2. The summed E-state index contributed by atoms with van der Waals surface area (Å²) in [5, 5.41) is 11.1. The van der Waals surface area contributed by atoms with Crippen molar-refractivity contribution in [3.63, 3.8) is 0 Å². The quantitative estimate of drug-likeness (QED) is 0.647. The Morgan fingerprint density at radius 1 is 1.30 bits per heavy atom. The van der Waals surface area contributed by atoms with Gasteiger partial charge in [-0.3, -0.25) is 10.1 Å². The highest BCUT2D eigenvalue weighted by atomic mass is 16.6. The van der Waals surface area contributed by atoms with Crippen LogP contribution in [-0.2, 0) is 6.42 Å². The molecule has 7 nitrogen and oxygen atoms in total. The van der Waals surface area contributed by atoms with Gasteiger partial charge in [-0.1, -0.05) is 12.1 Å². The molecule has 104 valence electrons. The molecule has 2 aromatic rings. The lowest BCUT2D eigenvalue weighted by molar-refractivity contribution is -0.384. The monoisotopic (exact) mass is 274 g/mol. The largest absolute Gasteiger partial charge is 0.497 e. The summed E-state index contributed by atoms with van der Waals surface area (Å²) in [5.41, 5.74) is 12.6. The molecule has 0 bridgehead atoms. The molecular weight excluding hydrogens is 260 g/mol. The summed E-state index contributed by atoms with van der Waals surface area (Å²) in [6.45, 7) is 0. The van der Waals surface area contributed by atoms with E-state index in [0.29, 0.717) is 17.7 Å². The van der Waals surface area contributed by atoms with Gasteiger partial charge in [-0.2, -0.15) is 0 Å². The first kappa shape index (κ1) is 13.6. The van der Waals surface area contributed by atoms with Crippen molar-refractivity contribution in [3.8, 4) is 5.75 Å². The van der Waals surface area contributed by atoms with Gasteiger partial charge in [0.2, 0.25) is 5.82 Å². The van der Waals surface area contributed by atoms with Crippen molar-refractivity contribution >= 4 is 17.2 Å². The molecule has 0 spiro atoms. The third kappa shape index (κ3) is 2.61. The van der Waals surface area contributed by atoms with E-state index < -0.39 is 4.92 Å². The number of hydrogen-bond acceptors (Lipinski definition) is 6. The second-order valence-corrected chi connectivity index (χ2v) is 4.21. The van der Waals surface area contributed by atoms with Crippen LogP contribution >= 0.6 is 0 Å². The highest BCUT2D eigenvalue weighted by Gasteiger charge is 2.22. The Kier molecular flexibility index (Phi) is 3.69. The zero-order chi connectivity index (χ0) is 14.7. The van der Waals surface area contributed by atoms with Crippen molar-refractivity contribution in [1.82, 2.24) is 4.98 Å². The summed E-state index contributed by atoms with van der Waals surface area (Å²) < 4.78 is 5.06. The number of benzene rings is 1. The Morgan fingerprint density at radius 2 is 1.95 bits per heavy atom. The minimum absolute atomic E-state index is 0.132. The average Bonchev–Trinajstić information content (AvgIpc) is 2.43. The van der Waals surface area contributed by atoms with Gasteiger partial charge in [0, 0.05) is 6.42 Å². The molecule has 0 saturated heterocycles. The number of pyridine rings is 1. The Bertz CT molecular complexity index is 641. The second kappa shape index (κ2) is 5.43. The van der Waals surface area contributed by atoms with E-state index in [1.807, 2.05) is 12.1 Å². The van der Waals surface area contributed by atoms with E-state index in [-0.39, 0.29) is 17.2 Å². The zero-order valence-corrected chi connectivity index (χ0v) is 10.9. The highest BCUT2D eigenvalue weighted by molar-refractivity contribution is 5.67. The molecule has 20 heavy (non-hydrogen) atoms. The van der Waals surface area contributed by atoms with Crippen LogP contribution in [-0.4, -0.2) is 17.0 Å². The molecule has 4 N–H and O–H groups in total. The van der Waals surface area contributed by atoms with Crippen LogP contribution in [0.25, 0.3) is 0 Å². The Morgan fingerprint density at radius 3 is 2.50 bits per heavy atom. The molecule has 0 unspecified atom stereocenters. The molecule has 0 aliphatic carbocycles. The van der Waals surface area contributed by atoms with Gasteiger partial charge < -0.3 is 16.2 Å². The topological polar surface area (TPSA) is 117 Å². The number of rotatable bonds is 4. The predicted molar refractivity (Wildman–Crippen MR) is 75.5 cm³/mol. The van der Waals surface area contributed by atoms with E-state index in [9.17, 15) is 10.1 Å². The van der Waals surface area contributed by atoms with Gasteiger partial charge in [-0.25, -0.2) is 4.98 Å². The summed E-state index contributed by atoms with van der Waals surface area (Å²) in [6, 6.07) is 7.20. The fourth-order valence-electron chi connectivity index (χ4n) is 1.91. The molecule has 1 aromatic heterocycles. The number of nitrogens with zero attached hydrogens (tertiary/aromatic N) is 2. The smallest absolute Gasteiger partial charge is 0.316 e. The van der Waals surface area contributed by atoms with E-state index in [4.69, 9.17) is 16.2 Å². The van der Waals surface area contributed by atoms with Gasteiger partial charge in [0.25, 0.3) is 0 Å². The summed E-state index contributed by atoms with van der Waals surface area (Å²) in [7, 11) is 1.57. The van der Waals surface area contributed by atoms with E-state index in [0.717, 1.165) is 5.56 Å². The van der Waals surface area contributed by atoms with Crippen molar-refractivity contribution < 1.29 is 9.66 Å². The molecule has 2 rings (SSSR count). The number of ether oxygens (including phenoxy) is 1. The van der Waals surface area contributed by atoms with Crippen molar-refractivity contribution in [2.75, 3.05) is 18.6 Å². The Hall–Kier alpha value is -2.83. The molecule has 0 atom stereocenters. The lowest BCUT2D eigenvalue weighted by atomic mass is 10.0. The first-order valence-electron chi connectivity index (χ1n) is 5.83. The molecule has 0 aliphatic heterocycles. The van der Waals surface area contributed by atoms with Crippen LogP contribution in [0.4, 0.5) is 17.2 Å². The standard InChI is InChI=1S/C13H14N4O3/c1-20-9-4-2-8(3-5-9)6-10-11(14)7-16-13(15)12(10)17(18)19/h2-5,7H,6,14H2,1H3,(H2,15,16). The SMILES string of the molecule is COc1ccc(Cc2c(N)cnc(N)c2[N+](=O)[O-])cc1. The highest BCUT2D eigenvalue weighted by Crippen LogP contribution is 2.31. The van der Waals surface area contributed by atoms with Crippen LogP contribution in [0.3, 0.4) is 0 Å². The van der Waals surface area contributed by atoms with Crippen molar-refractivity contribution in [3.05, 3.63) is 51.7 Å². The first-order valence-corrected chi connectivity index (χ1v) is 5.83. The average molecular weight is 274 g/mol. The Labute approximate surface area is 115 Å². The van der Waals surface area contributed by atoms with Crippen molar-refractivity contribution in [1.29, 1.82) is 0 Å². The van der Waals surface area contributed by atoms with Gasteiger partial charge in [-0.05, 0) is 17.7 Å². The van der Waals surface area contributed by atoms with Gasteiger partial charge >= 0.3 is 5.69 Å². The predicted octanol–water partition coefficient (Wildman–Crippen LogP) is 1.75. The molecule has 0 saturated carbocycles. The maximum atomic E-state index is 11.1. The maximum Gasteiger partial charge on any atom is 0.316 e. The lowest BCUT2D eigenvalue weighted by Gasteiger charge is -2.08. The zero-order valence-electron chi connectivity index (χ0n) is 10.9. The molecular formula is C13H14N4O3. The van der Waals surface area contributed by atoms with Gasteiger partial charge in [0.05, 0.1) is 29.5 Å². The van der Waals surface area contributed by atoms with Crippen molar-refractivity contribution in [2.24, 2.45) is 0 Å². The fraction of sp³-hybridized carbons (Fsp3) is 0.154. The minimum Gasteiger partial charge on any atom is -0.497 e. The molecule has 0 fully saturated rings. The fourth-order valence-corrected chi connectivity index (χ4v) is 1.91. The van der Waals surface area contributed by atoms with Crippen LogP contribution in [0, 0.1) is 10.1 Å². The number of anilines is 2. The number of nitro groups is 1. The third-order valence-corrected chi connectivity index (χ3v) is 2.94. The molecule has 0 amide bonds. The maximum absolute atomic E-state index is 11.1. The molecule has 1 heterocycles. The van der Waals surface area contributed by atoms with E-state index in [2.05, 4.69) is 4.98 Å². The van der Waals surface area contributed by atoms with Crippen LogP contribution in [0.1, 0.15) is 11.1 Å². The number of aromatic nitrogens is 1. The first-order chi connectivity index (χ1) is 9.52. The number of nitrogens with two attached hydrogens (primary N) is 2. The number of methoxy groups -OCH3 is 1. The number of hydrogen-bond donors (Lipinski definition) is 2. The van der Waals surface area contributed by atoms with Gasteiger partial charge in [-0.15, -0.1) is 0 Å². The van der Waals surface area contributed by atoms with Crippen LogP contribution in [0.2, 0.25) is 0 Å². The Balaban J connectivity index is 2.41. The molecule has 0 radical (unpaired) electrons. The van der Waals surface area contributed by atoms with E-state index in [1.165, 1.54) is 6.20 Å². The van der Waals surface area contributed by atoms with Crippen LogP contribution in [0.5, 0.6) is 5.75 Å². The molecule has 7 heteroatoms.